The third-order valence-electron chi connectivity index (χ3n) is 3.80. The molecule has 0 N–H and O–H groups in total. The van der Waals surface area contributed by atoms with Crippen LogP contribution < -0.4 is 5.63 Å². The van der Waals surface area contributed by atoms with Gasteiger partial charge in [-0.1, -0.05) is 17.3 Å². The van der Waals surface area contributed by atoms with Gasteiger partial charge in [0.1, 0.15) is 5.58 Å². The lowest BCUT2D eigenvalue weighted by atomic mass is 10.1. The minimum atomic E-state index is -0.815. The highest BCUT2D eigenvalue weighted by Gasteiger charge is 2.27. The fraction of sp³-hybridized carbons (Fsp3) is 0.235. The molecule has 0 fully saturated rings. The van der Waals surface area contributed by atoms with Gasteiger partial charge in [-0.2, -0.15) is 0 Å². The van der Waals surface area contributed by atoms with Crippen molar-refractivity contribution in [3.8, 4) is 0 Å². The first-order valence-corrected chi connectivity index (χ1v) is 7.58. The lowest BCUT2D eigenvalue weighted by Gasteiger charge is -2.08. The fourth-order valence-corrected chi connectivity index (χ4v) is 2.59. The van der Waals surface area contributed by atoms with E-state index in [1.54, 1.807) is 12.1 Å². The summed E-state index contributed by atoms with van der Waals surface area (Å²) in [5.74, 6) is -1.61. The van der Waals surface area contributed by atoms with Crippen molar-refractivity contribution in [1.29, 1.82) is 0 Å². The third kappa shape index (κ3) is 3.06. The number of carbonyl (C=O) groups excluding carboxylic acids is 2. The maximum Gasteiger partial charge on any atom is 0.361 e. The Morgan fingerprint density at radius 1 is 1.15 bits per heavy atom. The molecule has 9 nitrogen and oxygen atoms in total. The summed E-state index contributed by atoms with van der Waals surface area (Å²) in [6.07, 6.45) is 0. The van der Waals surface area contributed by atoms with E-state index in [1.807, 2.05) is 13.0 Å². The molecule has 0 bridgehead atoms. The molecule has 0 aliphatic rings. The molecule has 2 heterocycles. The zero-order valence-electron chi connectivity index (χ0n) is 14.3. The van der Waals surface area contributed by atoms with Crippen molar-refractivity contribution in [2.24, 2.45) is 0 Å². The summed E-state index contributed by atoms with van der Waals surface area (Å²) in [5, 5.41) is 8.22. The number of rotatable bonds is 4. The Bertz CT molecular complexity index is 1070. The van der Waals surface area contributed by atoms with Crippen LogP contribution in [0.15, 0.2) is 33.5 Å². The number of carbonyl (C=O) groups is 2. The number of esters is 2. The van der Waals surface area contributed by atoms with E-state index in [4.69, 9.17) is 9.15 Å². The summed E-state index contributed by atoms with van der Waals surface area (Å²) < 4.78 is 15.7. The van der Waals surface area contributed by atoms with Gasteiger partial charge >= 0.3 is 17.6 Å². The maximum absolute atomic E-state index is 12.1. The Morgan fingerprint density at radius 3 is 2.58 bits per heavy atom. The Morgan fingerprint density at radius 2 is 1.88 bits per heavy atom. The third-order valence-corrected chi connectivity index (χ3v) is 3.80. The monoisotopic (exact) mass is 357 g/mol. The number of ether oxygens (including phenoxy) is 2. The van der Waals surface area contributed by atoms with Crippen LogP contribution in [0.4, 0.5) is 0 Å². The Balaban J connectivity index is 2.14. The molecule has 3 rings (SSSR count). The maximum atomic E-state index is 12.1. The van der Waals surface area contributed by atoms with Crippen LogP contribution in [0.25, 0.3) is 11.0 Å². The van der Waals surface area contributed by atoms with Crippen molar-refractivity contribution in [2.45, 2.75) is 13.5 Å². The molecule has 0 aliphatic carbocycles. The van der Waals surface area contributed by atoms with Gasteiger partial charge in [0.15, 0.2) is 5.69 Å². The number of methoxy groups -OCH3 is 2. The van der Waals surface area contributed by atoms with Gasteiger partial charge in [-0.05, 0) is 24.1 Å². The molecule has 0 aliphatic heterocycles. The normalized spacial score (nSPS) is 10.7. The van der Waals surface area contributed by atoms with Gasteiger partial charge in [0.25, 0.3) is 0 Å². The zero-order chi connectivity index (χ0) is 18.8. The molecule has 0 unspecified atom stereocenters. The average Bonchev–Trinajstić information content (AvgIpc) is 3.03. The van der Waals surface area contributed by atoms with E-state index in [0.29, 0.717) is 16.5 Å². The number of benzene rings is 1. The highest BCUT2D eigenvalue weighted by Crippen LogP contribution is 2.20. The predicted octanol–water partition coefficient (Wildman–Crippen LogP) is 1.31. The summed E-state index contributed by atoms with van der Waals surface area (Å²) in [6.45, 7) is 1.89. The molecule has 2 aromatic heterocycles. The molecule has 134 valence electrons. The van der Waals surface area contributed by atoms with E-state index < -0.39 is 17.6 Å². The molecule has 0 spiro atoms. The number of aryl methyl sites for hydroxylation is 1. The molecule has 26 heavy (non-hydrogen) atoms. The smallest absolute Gasteiger partial charge is 0.361 e. The summed E-state index contributed by atoms with van der Waals surface area (Å²) in [6, 6.07) is 6.72. The molecule has 9 heteroatoms. The highest BCUT2D eigenvalue weighted by atomic mass is 16.5. The SMILES string of the molecule is COC(=O)c1nnn(Cc2cc(=O)oc3cc(C)ccc23)c1C(=O)OC. The minimum absolute atomic E-state index is 0.0135. The molecule has 0 radical (unpaired) electrons. The topological polar surface area (TPSA) is 114 Å². The predicted molar refractivity (Wildman–Crippen MR) is 89.0 cm³/mol. The summed E-state index contributed by atoms with van der Waals surface area (Å²) in [5.41, 5.74) is 0.950. The van der Waals surface area contributed by atoms with Crippen molar-refractivity contribution in [2.75, 3.05) is 14.2 Å². The zero-order valence-corrected chi connectivity index (χ0v) is 14.3. The fourth-order valence-electron chi connectivity index (χ4n) is 2.59. The molecule has 3 aromatic rings. The van der Waals surface area contributed by atoms with Crippen molar-refractivity contribution < 1.29 is 23.5 Å². The van der Waals surface area contributed by atoms with E-state index in [-0.39, 0.29) is 17.9 Å². The van der Waals surface area contributed by atoms with E-state index in [9.17, 15) is 14.4 Å². The van der Waals surface area contributed by atoms with Crippen molar-refractivity contribution in [3.63, 3.8) is 0 Å². The van der Waals surface area contributed by atoms with Gasteiger partial charge in [0.05, 0.1) is 20.8 Å². The highest BCUT2D eigenvalue weighted by molar-refractivity contribution is 6.00. The van der Waals surface area contributed by atoms with Gasteiger partial charge in [-0.25, -0.2) is 19.1 Å². The van der Waals surface area contributed by atoms with Gasteiger partial charge in [0.2, 0.25) is 5.69 Å². The van der Waals surface area contributed by atoms with Crippen molar-refractivity contribution >= 4 is 22.9 Å². The number of aromatic nitrogens is 3. The molecule has 1 aromatic carbocycles. The first-order valence-electron chi connectivity index (χ1n) is 7.58. The number of fused-ring (bicyclic) bond motifs is 1. The second-order valence-corrected chi connectivity index (χ2v) is 5.52. The van der Waals surface area contributed by atoms with Gasteiger partial charge in [-0.3, -0.25) is 0 Å². The molecule has 0 saturated heterocycles. The Hall–Kier alpha value is -3.49. The van der Waals surface area contributed by atoms with E-state index in [2.05, 4.69) is 15.0 Å². The van der Waals surface area contributed by atoms with Crippen LogP contribution in [0.1, 0.15) is 32.1 Å². The molecule has 0 atom stereocenters. The average molecular weight is 357 g/mol. The number of nitrogens with zero attached hydrogens (tertiary/aromatic N) is 3. The second kappa shape index (κ2) is 6.79. The number of hydrogen-bond donors (Lipinski definition) is 0. The summed E-state index contributed by atoms with van der Waals surface area (Å²) >= 11 is 0. The standard InChI is InChI=1S/C17H15N3O6/c1-9-4-5-11-10(7-13(21)26-12(11)6-9)8-20-15(17(23)25-3)14(18-19-20)16(22)24-2/h4-7H,8H2,1-3H3. The molecular weight excluding hydrogens is 342 g/mol. The first-order chi connectivity index (χ1) is 12.4. The largest absolute Gasteiger partial charge is 0.464 e. The minimum Gasteiger partial charge on any atom is -0.464 e. The lowest BCUT2D eigenvalue weighted by Crippen LogP contribution is -2.17. The quantitative estimate of drug-likeness (QED) is 0.507. The van der Waals surface area contributed by atoms with Crippen LogP contribution in [0.5, 0.6) is 0 Å². The van der Waals surface area contributed by atoms with Gasteiger partial charge in [0, 0.05) is 11.5 Å². The van der Waals surface area contributed by atoms with Crippen LogP contribution in [-0.4, -0.2) is 41.2 Å². The number of hydrogen-bond acceptors (Lipinski definition) is 8. The van der Waals surface area contributed by atoms with Crippen molar-refractivity contribution in [3.05, 3.63) is 57.2 Å². The Labute approximate surface area is 147 Å². The van der Waals surface area contributed by atoms with Crippen LogP contribution in [0.2, 0.25) is 0 Å². The van der Waals surface area contributed by atoms with E-state index in [1.165, 1.54) is 25.0 Å². The summed E-state index contributed by atoms with van der Waals surface area (Å²) in [7, 11) is 2.34. The van der Waals surface area contributed by atoms with E-state index >= 15 is 0 Å². The van der Waals surface area contributed by atoms with Crippen LogP contribution >= 0.6 is 0 Å². The summed E-state index contributed by atoms with van der Waals surface area (Å²) in [4.78, 5) is 35.8. The molecule has 0 saturated carbocycles. The van der Waals surface area contributed by atoms with Crippen molar-refractivity contribution in [1.82, 2.24) is 15.0 Å². The lowest BCUT2D eigenvalue weighted by molar-refractivity contribution is 0.0544. The molecular formula is C17H15N3O6. The molecule has 0 amide bonds. The second-order valence-electron chi connectivity index (χ2n) is 5.52. The van der Waals surface area contributed by atoms with Crippen LogP contribution in [0.3, 0.4) is 0 Å². The van der Waals surface area contributed by atoms with E-state index in [0.717, 1.165) is 5.56 Å². The van der Waals surface area contributed by atoms with Gasteiger partial charge in [-0.15, -0.1) is 5.10 Å². The Kier molecular flexibility index (Phi) is 4.53. The van der Waals surface area contributed by atoms with Gasteiger partial charge < -0.3 is 13.9 Å². The van der Waals surface area contributed by atoms with Crippen LogP contribution in [0, 0.1) is 6.92 Å². The first kappa shape index (κ1) is 17.3. The van der Waals surface area contributed by atoms with Crippen LogP contribution in [-0.2, 0) is 16.0 Å².